The van der Waals surface area contributed by atoms with Gasteiger partial charge in [-0.3, -0.25) is 4.79 Å². The molecule has 0 aromatic carbocycles. The molecule has 4 nitrogen and oxygen atoms in total. The van der Waals surface area contributed by atoms with Crippen LogP contribution in [-0.4, -0.2) is 44.4 Å². The van der Waals surface area contributed by atoms with Crippen LogP contribution in [-0.2, 0) is 14.3 Å². The molecule has 0 bridgehead atoms. The minimum atomic E-state index is -0.364. The number of likely N-dealkylation sites (tertiary alicyclic amines) is 1. The smallest absolute Gasteiger partial charge is 0.229 e. The maximum absolute atomic E-state index is 12.5. The van der Waals surface area contributed by atoms with Gasteiger partial charge in [0.05, 0.1) is 12.0 Å². The van der Waals surface area contributed by atoms with E-state index in [4.69, 9.17) is 9.47 Å². The summed E-state index contributed by atoms with van der Waals surface area (Å²) < 4.78 is 10.3. The predicted octanol–water partition coefficient (Wildman–Crippen LogP) is 1.98. The number of rotatable bonds is 8. The molecule has 0 aromatic heterocycles. The maximum Gasteiger partial charge on any atom is 0.229 e. The second kappa shape index (κ2) is 6.71. The monoisotopic (exact) mass is 253 g/mol. The average molecular weight is 253 g/mol. The summed E-state index contributed by atoms with van der Waals surface area (Å²) >= 11 is 0. The van der Waals surface area contributed by atoms with Gasteiger partial charge in [-0.25, -0.2) is 0 Å². The van der Waals surface area contributed by atoms with Crippen molar-refractivity contribution in [2.24, 2.45) is 5.41 Å². The van der Waals surface area contributed by atoms with Gasteiger partial charge in [0.2, 0.25) is 5.91 Å². The van der Waals surface area contributed by atoms with E-state index >= 15 is 0 Å². The van der Waals surface area contributed by atoms with E-state index in [1.54, 1.807) is 14.2 Å². The molecule has 1 fully saturated rings. The fraction of sp³-hybridized carbons (Fsp3) is 0.643. The zero-order valence-electron chi connectivity index (χ0n) is 11.4. The molecule has 1 saturated heterocycles. The molecule has 1 heterocycles. The fourth-order valence-electron chi connectivity index (χ4n) is 2.51. The molecule has 0 saturated carbocycles. The number of ether oxygens (including phenoxy) is 2. The molecule has 1 amide bonds. The van der Waals surface area contributed by atoms with Gasteiger partial charge >= 0.3 is 0 Å². The highest BCUT2D eigenvalue weighted by Gasteiger charge is 2.45. The lowest BCUT2D eigenvalue weighted by Crippen LogP contribution is -2.39. The number of hydrogen-bond donors (Lipinski definition) is 0. The van der Waals surface area contributed by atoms with Crippen LogP contribution in [0.2, 0.25) is 0 Å². The first-order chi connectivity index (χ1) is 8.63. The molecule has 0 radical (unpaired) electrons. The molecule has 1 aliphatic heterocycles. The van der Waals surface area contributed by atoms with Crippen LogP contribution in [0.3, 0.4) is 0 Å². The lowest BCUT2D eigenvalue weighted by atomic mass is 9.79. The van der Waals surface area contributed by atoms with E-state index in [1.165, 1.54) is 0 Å². The molecule has 4 heteroatoms. The fourth-order valence-corrected chi connectivity index (χ4v) is 2.51. The summed E-state index contributed by atoms with van der Waals surface area (Å²) in [4.78, 5) is 14.3. The Hall–Kier alpha value is -1.13. The Balaban J connectivity index is 2.74. The highest BCUT2D eigenvalue weighted by Crippen LogP contribution is 2.39. The van der Waals surface area contributed by atoms with Crippen LogP contribution in [0.5, 0.6) is 0 Å². The summed E-state index contributed by atoms with van der Waals surface area (Å²) in [7, 11) is 3.16. The van der Waals surface area contributed by atoms with E-state index < -0.39 is 0 Å². The molecule has 1 aliphatic rings. The zero-order chi connectivity index (χ0) is 13.6. The van der Waals surface area contributed by atoms with E-state index in [1.807, 2.05) is 17.1 Å². The molecule has 102 valence electrons. The second-order valence-corrected chi connectivity index (χ2v) is 4.67. The number of methoxy groups -OCH3 is 2. The molecular formula is C14H23NO3. The zero-order valence-corrected chi connectivity index (χ0v) is 11.4. The molecule has 1 rings (SSSR count). The van der Waals surface area contributed by atoms with Crippen molar-refractivity contribution in [3.8, 4) is 0 Å². The van der Waals surface area contributed by atoms with E-state index in [0.717, 1.165) is 13.0 Å². The topological polar surface area (TPSA) is 38.8 Å². The summed E-state index contributed by atoms with van der Waals surface area (Å²) in [6.45, 7) is 8.71. The van der Waals surface area contributed by atoms with Crippen LogP contribution in [0.25, 0.3) is 0 Å². The predicted molar refractivity (Wildman–Crippen MR) is 71.1 cm³/mol. The Morgan fingerprint density at radius 1 is 1.33 bits per heavy atom. The van der Waals surface area contributed by atoms with Crippen molar-refractivity contribution in [2.75, 3.05) is 27.3 Å². The van der Waals surface area contributed by atoms with Crippen LogP contribution in [0.1, 0.15) is 19.3 Å². The number of carbonyl (C=O) groups is 1. The van der Waals surface area contributed by atoms with Gasteiger partial charge in [0.25, 0.3) is 0 Å². The maximum atomic E-state index is 12.5. The van der Waals surface area contributed by atoms with Crippen molar-refractivity contribution in [2.45, 2.75) is 25.6 Å². The molecular weight excluding hydrogens is 230 g/mol. The Kier molecular flexibility index (Phi) is 5.56. The largest absolute Gasteiger partial charge is 0.354 e. The third-order valence-corrected chi connectivity index (χ3v) is 3.57. The molecule has 0 spiro atoms. The number of allylic oxidation sites excluding steroid dienone is 2. The lowest BCUT2D eigenvalue weighted by Gasteiger charge is -2.27. The Labute approximate surface area is 109 Å². The first-order valence-electron chi connectivity index (χ1n) is 6.20. The third kappa shape index (κ3) is 3.00. The Bertz CT molecular complexity index is 300. The van der Waals surface area contributed by atoms with Crippen molar-refractivity contribution in [3.63, 3.8) is 0 Å². The van der Waals surface area contributed by atoms with Crippen molar-refractivity contribution in [1.82, 2.24) is 4.90 Å². The van der Waals surface area contributed by atoms with Gasteiger partial charge in [-0.2, -0.15) is 0 Å². The van der Waals surface area contributed by atoms with Crippen LogP contribution < -0.4 is 0 Å². The quantitative estimate of drug-likeness (QED) is 0.490. The SMILES string of the molecule is C=CCC1(CC=C)CCN(CC(OC)OC)C1=O. The van der Waals surface area contributed by atoms with Crippen molar-refractivity contribution >= 4 is 5.91 Å². The summed E-state index contributed by atoms with van der Waals surface area (Å²) in [6, 6.07) is 0. The van der Waals surface area contributed by atoms with Gasteiger partial charge < -0.3 is 14.4 Å². The number of carbonyl (C=O) groups excluding carboxylic acids is 1. The number of hydrogen-bond acceptors (Lipinski definition) is 3. The number of nitrogens with zero attached hydrogens (tertiary/aromatic N) is 1. The lowest BCUT2D eigenvalue weighted by molar-refractivity contribution is -0.147. The third-order valence-electron chi connectivity index (χ3n) is 3.57. The molecule has 0 aromatic rings. The van der Waals surface area contributed by atoms with E-state index in [-0.39, 0.29) is 17.6 Å². The molecule has 0 atom stereocenters. The van der Waals surface area contributed by atoms with Crippen LogP contribution in [0.4, 0.5) is 0 Å². The normalized spacial score (nSPS) is 18.4. The highest BCUT2D eigenvalue weighted by molar-refractivity contribution is 5.85. The molecule has 0 unspecified atom stereocenters. The van der Waals surface area contributed by atoms with Crippen LogP contribution in [0, 0.1) is 5.41 Å². The summed E-state index contributed by atoms with van der Waals surface area (Å²) in [6.07, 6.45) is 5.49. The summed E-state index contributed by atoms with van der Waals surface area (Å²) in [5.41, 5.74) is -0.352. The van der Waals surface area contributed by atoms with Gasteiger partial charge in [-0.05, 0) is 19.3 Å². The first kappa shape index (κ1) is 14.9. The Morgan fingerprint density at radius 3 is 2.33 bits per heavy atom. The van der Waals surface area contributed by atoms with Crippen molar-refractivity contribution < 1.29 is 14.3 Å². The van der Waals surface area contributed by atoms with Gasteiger partial charge in [0.15, 0.2) is 6.29 Å². The molecule has 18 heavy (non-hydrogen) atoms. The Morgan fingerprint density at radius 2 is 1.89 bits per heavy atom. The second-order valence-electron chi connectivity index (χ2n) is 4.67. The number of amides is 1. The van der Waals surface area contributed by atoms with E-state index in [0.29, 0.717) is 19.4 Å². The van der Waals surface area contributed by atoms with Gasteiger partial charge in [0.1, 0.15) is 0 Å². The van der Waals surface area contributed by atoms with Crippen molar-refractivity contribution in [1.29, 1.82) is 0 Å². The molecule has 0 N–H and O–H groups in total. The van der Waals surface area contributed by atoms with Crippen molar-refractivity contribution in [3.05, 3.63) is 25.3 Å². The molecule has 0 aliphatic carbocycles. The first-order valence-corrected chi connectivity index (χ1v) is 6.20. The summed E-state index contributed by atoms with van der Waals surface area (Å²) in [5, 5.41) is 0. The van der Waals surface area contributed by atoms with Gasteiger partial charge in [-0.15, -0.1) is 13.2 Å². The van der Waals surface area contributed by atoms with Gasteiger partial charge in [0, 0.05) is 20.8 Å². The minimum Gasteiger partial charge on any atom is -0.354 e. The summed E-state index contributed by atoms with van der Waals surface area (Å²) in [5.74, 6) is 0.154. The minimum absolute atomic E-state index is 0.154. The van der Waals surface area contributed by atoms with Crippen LogP contribution >= 0.6 is 0 Å². The van der Waals surface area contributed by atoms with E-state index in [2.05, 4.69) is 13.2 Å². The standard InChI is InChI=1S/C14H23NO3/c1-5-7-14(8-6-2)9-10-15(13(14)16)11-12(17-3)18-4/h5-6,12H,1-2,7-11H2,3-4H3. The highest BCUT2D eigenvalue weighted by atomic mass is 16.7. The average Bonchev–Trinajstić information content (AvgIpc) is 2.66. The van der Waals surface area contributed by atoms with Gasteiger partial charge in [-0.1, -0.05) is 12.2 Å². The van der Waals surface area contributed by atoms with Crippen LogP contribution in [0.15, 0.2) is 25.3 Å². The van der Waals surface area contributed by atoms with E-state index in [9.17, 15) is 4.79 Å².